The van der Waals surface area contributed by atoms with Crippen LogP contribution in [-0.4, -0.2) is 23.9 Å². The highest BCUT2D eigenvalue weighted by atomic mass is 127. The maximum Gasteiger partial charge on any atom is 0.238 e. The standard InChI is InChI=1S/C18H18BrIN2O/c1-2-9-22-11-17(23)21-16-8-7-12(19)10-14(16)18(22)13-5-3-4-6-15(13)20/h3-8,10,18H,2,9,11H2,1H3,(H,21,23). The van der Waals surface area contributed by atoms with Crippen molar-refractivity contribution in [3.05, 3.63) is 61.6 Å². The molecule has 5 heteroatoms. The van der Waals surface area contributed by atoms with Gasteiger partial charge in [-0.1, -0.05) is 41.1 Å². The number of carbonyl (C=O) groups excluding carboxylic acids is 1. The predicted octanol–water partition coefficient (Wildman–Crippen LogP) is 4.81. The maximum atomic E-state index is 12.3. The van der Waals surface area contributed by atoms with Gasteiger partial charge < -0.3 is 5.32 Å². The first kappa shape index (κ1) is 16.9. The summed E-state index contributed by atoms with van der Waals surface area (Å²) in [6, 6.07) is 14.6. The molecule has 2 aromatic rings. The molecule has 0 fully saturated rings. The van der Waals surface area contributed by atoms with Crippen molar-refractivity contribution in [1.82, 2.24) is 4.90 Å². The number of hydrogen-bond acceptors (Lipinski definition) is 2. The third-order valence-electron chi connectivity index (χ3n) is 4.00. The predicted molar refractivity (Wildman–Crippen MR) is 106 cm³/mol. The first-order chi connectivity index (χ1) is 11.1. The number of halogens is 2. The van der Waals surface area contributed by atoms with E-state index >= 15 is 0 Å². The number of nitrogens with one attached hydrogen (secondary N) is 1. The highest BCUT2D eigenvalue weighted by Gasteiger charge is 2.30. The molecular weight excluding hydrogens is 467 g/mol. The summed E-state index contributed by atoms with van der Waals surface area (Å²) in [7, 11) is 0. The monoisotopic (exact) mass is 484 g/mol. The van der Waals surface area contributed by atoms with Crippen LogP contribution in [-0.2, 0) is 4.79 Å². The average Bonchev–Trinajstić information content (AvgIpc) is 2.64. The summed E-state index contributed by atoms with van der Waals surface area (Å²) in [5.41, 5.74) is 3.29. The van der Waals surface area contributed by atoms with Gasteiger partial charge in [-0.05, 0) is 70.9 Å². The topological polar surface area (TPSA) is 32.3 Å². The molecule has 1 N–H and O–H groups in total. The number of rotatable bonds is 3. The molecule has 0 saturated carbocycles. The fourth-order valence-corrected chi connectivity index (χ4v) is 4.15. The van der Waals surface area contributed by atoms with Gasteiger partial charge in [0, 0.05) is 13.7 Å². The fourth-order valence-electron chi connectivity index (χ4n) is 3.09. The summed E-state index contributed by atoms with van der Waals surface area (Å²) in [5.74, 6) is 0.0514. The van der Waals surface area contributed by atoms with Gasteiger partial charge in [0.1, 0.15) is 0 Å². The first-order valence-electron chi connectivity index (χ1n) is 7.68. The summed E-state index contributed by atoms with van der Waals surface area (Å²) >= 11 is 5.96. The lowest BCUT2D eigenvalue weighted by atomic mass is 9.96. The Morgan fingerprint density at radius 1 is 1.26 bits per heavy atom. The Kier molecular flexibility index (Phi) is 5.38. The third kappa shape index (κ3) is 3.61. The van der Waals surface area contributed by atoms with Crippen LogP contribution in [0, 0.1) is 3.57 Å². The van der Waals surface area contributed by atoms with E-state index in [0.717, 1.165) is 28.7 Å². The Hall–Kier alpha value is -0.920. The van der Waals surface area contributed by atoms with Crippen LogP contribution in [0.1, 0.15) is 30.5 Å². The molecule has 1 aliphatic heterocycles. The lowest BCUT2D eigenvalue weighted by molar-refractivity contribution is -0.117. The molecule has 0 aromatic heterocycles. The van der Waals surface area contributed by atoms with Crippen LogP contribution in [0.25, 0.3) is 0 Å². The lowest BCUT2D eigenvalue weighted by Crippen LogP contribution is -2.34. The van der Waals surface area contributed by atoms with Crippen LogP contribution < -0.4 is 5.32 Å². The van der Waals surface area contributed by atoms with Gasteiger partial charge in [-0.25, -0.2) is 0 Å². The van der Waals surface area contributed by atoms with Gasteiger partial charge >= 0.3 is 0 Å². The zero-order chi connectivity index (χ0) is 16.4. The van der Waals surface area contributed by atoms with Crippen LogP contribution in [0.5, 0.6) is 0 Å². The fraction of sp³-hybridized carbons (Fsp3) is 0.278. The van der Waals surface area contributed by atoms with Gasteiger partial charge in [-0.15, -0.1) is 0 Å². The minimum absolute atomic E-state index is 0.0514. The van der Waals surface area contributed by atoms with Gasteiger partial charge in [0.05, 0.1) is 12.6 Å². The van der Waals surface area contributed by atoms with Gasteiger partial charge in [0.25, 0.3) is 0 Å². The molecule has 0 aliphatic carbocycles. The number of carbonyl (C=O) groups is 1. The van der Waals surface area contributed by atoms with Crippen molar-refractivity contribution in [1.29, 1.82) is 0 Å². The molecule has 0 saturated heterocycles. The van der Waals surface area contributed by atoms with E-state index in [1.165, 1.54) is 9.13 Å². The number of nitrogens with zero attached hydrogens (tertiary/aromatic N) is 1. The van der Waals surface area contributed by atoms with Crippen LogP contribution in [0.2, 0.25) is 0 Å². The molecule has 1 amide bonds. The van der Waals surface area contributed by atoms with Crippen molar-refractivity contribution < 1.29 is 4.79 Å². The van der Waals surface area contributed by atoms with Gasteiger partial charge in [-0.3, -0.25) is 9.69 Å². The molecule has 0 spiro atoms. The number of fused-ring (bicyclic) bond motifs is 1. The lowest BCUT2D eigenvalue weighted by Gasteiger charge is -2.30. The quantitative estimate of drug-likeness (QED) is 0.634. The molecule has 1 atom stereocenters. The van der Waals surface area contributed by atoms with E-state index < -0.39 is 0 Å². The molecule has 1 heterocycles. The largest absolute Gasteiger partial charge is 0.325 e. The van der Waals surface area contributed by atoms with E-state index in [1.54, 1.807) is 0 Å². The van der Waals surface area contributed by atoms with Crippen molar-refractivity contribution in [2.24, 2.45) is 0 Å². The third-order valence-corrected chi connectivity index (χ3v) is 5.48. The number of amides is 1. The van der Waals surface area contributed by atoms with Crippen molar-refractivity contribution in [2.75, 3.05) is 18.4 Å². The van der Waals surface area contributed by atoms with E-state index in [-0.39, 0.29) is 11.9 Å². The number of hydrogen-bond donors (Lipinski definition) is 1. The Morgan fingerprint density at radius 2 is 2.04 bits per heavy atom. The second kappa shape index (κ2) is 7.32. The highest BCUT2D eigenvalue weighted by Crippen LogP contribution is 2.38. The molecule has 1 aliphatic rings. The normalized spacial score (nSPS) is 18.2. The Bertz CT molecular complexity index is 735. The second-order valence-corrected chi connectivity index (χ2v) is 7.75. The van der Waals surface area contributed by atoms with Crippen LogP contribution in [0.4, 0.5) is 5.69 Å². The number of anilines is 1. The van der Waals surface area contributed by atoms with E-state index in [9.17, 15) is 4.79 Å². The van der Waals surface area contributed by atoms with Crippen molar-refractivity contribution in [3.8, 4) is 0 Å². The summed E-state index contributed by atoms with van der Waals surface area (Å²) in [5, 5.41) is 3.05. The second-order valence-electron chi connectivity index (χ2n) is 5.67. The molecule has 3 rings (SSSR count). The first-order valence-corrected chi connectivity index (χ1v) is 9.55. The number of benzene rings is 2. The van der Waals surface area contributed by atoms with Gasteiger partial charge in [-0.2, -0.15) is 0 Å². The molecule has 1 unspecified atom stereocenters. The molecule has 0 radical (unpaired) electrons. The Labute approximate surface area is 158 Å². The molecular formula is C18H18BrIN2O. The molecule has 120 valence electrons. The molecule has 2 aromatic carbocycles. The maximum absolute atomic E-state index is 12.3. The summed E-state index contributed by atoms with van der Waals surface area (Å²) < 4.78 is 2.25. The van der Waals surface area contributed by atoms with Crippen LogP contribution in [0.3, 0.4) is 0 Å². The van der Waals surface area contributed by atoms with Crippen molar-refractivity contribution >= 4 is 50.1 Å². The minimum Gasteiger partial charge on any atom is -0.325 e. The van der Waals surface area contributed by atoms with Crippen molar-refractivity contribution in [2.45, 2.75) is 19.4 Å². The van der Waals surface area contributed by atoms with E-state index in [0.29, 0.717) is 6.54 Å². The average molecular weight is 485 g/mol. The van der Waals surface area contributed by atoms with Crippen molar-refractivity contribution in [3.63, 3.8) is 0 Å². The molecule has 3 nitrogen and oxygen atoms in total. The smallest absolute Gasteiger partial charge is 0.238 e. The summed E-state index contributed by atoms with van der Waals surface area (Å²) in [6.07, 6.45) is 1.01. The molecule has 0 bridgehead atoms. The van der Waals surface area contributed by atoms with E-state index in [1.807, 2.05) is 12.1 Å². The summed E-state index contributed by atoms with van der Waals surface area (Å²) in [6.45, 7) is 3.45. The summed E-state index contributed by atoms with van der Waals surface area (Å²) in [4.78, 5) is 14.6. The highest BCUT2D eigenvalue weighted by molar-refractivity contribution is 14.1. The zero-order valence-corrected chi connectivity index (χ0v) is 16.6. The van der Waals surface area contributed by atoms with Gasteiger partial charge in [0.15, 0.2) is 0 Å². The van der Waals surface area contributed by atoms with Crippen LogP contribution >= 0.6 is 38.5 Å². The van der Waals surface area contributed by atoms with E-state index in [4.69, 9.17) is 0 Å². The molecule has 23 heavy (non-hydrogen) atoms. The van der Waals surface area contributed by atoms with E-state index in [2.05, 4.69) is 86.0 Å². The Morgan fingerprint density at radius 3 is 2.78 bits per heavy atom. The van der Waals surface area contributed by atoms with Gasteiger partial charge in [0.2, 0.25) is 5.91 Å². The van der Waals surface area contributed by atoms with Crippen LogP contribution in [0.15, 0.2) is 46.9 Å². The zero-order valence-electron chi connectivity index (χ0n) is 12.9. The minimum atomic E-state index is 0.0514. The Balaban J connectivity index is 2.20. The SMILES string of the molecule is CCCN1CC(=O)Nc2ccc(Br)cc2C1c1ccccc1I.